The van der Waals surface area contributed by atoms with Gasteiger partial charge >= 0.3 is 0 Å². The minimum atomic E-state index is -0.934. The van der Waals surface area contributed by atoms with Crippen molar-refractivity contribution >= 4 is 11.6 Å². The van der Waals surface area contributed by atoms with E-state index < -0.39 is 17.6 Å². The molecule has 0 saturated carbocycles. The van der Waals surface area contributed by atoms with Gasteiger partial charge in [-0.3, -0.25) is 4.79 Å². The van der Waals surface area contributed by atoms with Gasteiger partial charge in [0.2, 0.25) is 5.91 Å². The first kappa shape index (κ1) is 15.5. The number of nitrogens with one attached hydrogen (secondary N) is 1. The van der Waals surface area contributed by atoms with Crippen LogP contribution in [-0.2, 0) is 11.2 Å². The molecule has 0 aliphatic heterocycles. The molecule has 0 heterocycles. The zero-order valence-electron chi connectivity index (χ0n) is 12.0. The highest BCUT2D eigenvalue weighted by Crippen LogP contribution is 2.22. The van der Waals surface area contributed by atoms with Gasteiger partial charge in [-0.1, -0.05) is 30.3 Å². The van der Waals surface area contributed by atoms with E-state index in [1.165, 1.54) is 25.3 Å². The number of rotatable bonds is 5. The van der Waals surface area contributed by atoms with Crippen LogP contribution in [0.1, 0.15) is 5.56 Å². The largest absolute Gasteiger partial charge is 0.496 e. The molecule has 0 radical (unpaired) electrons. The van der Waals surface area contributed by atoms with Gasteiger partial charge in [0.15, 0.2) is 0 Å². The minimum absolute atomic E-state index is 0.0628. The van der Waals surface area contributed by atoms with Crippen molar-refractivity contribution in [3.8, 4) is 11.8 Å². The first-order chi connectivity index (χ1) is 10.7. The van der Waals surface area contributed by atoms with Gasteiger partial charge in [0.25, 0.3) is 0 Å². The molecule has 5 heteroatoms. The lowest BCUT2D eigenvalue weighted by atomic mass is 9.99. The Balaban J connectivity index is 2.13. The summed E-state index contributed by atoms with van der Waals surface area (Å²) >= 11 is 0. The predicted octanol–water partition coefficient (Wildman–Crippen LogP) is 3.16. The van der Waals surface area contributed by atoms with Crippen LogP contribution in [0.2, 0.25) is 0 Å². The van der Waals surface area contributed by atoms with Crippen molar-refractivity contribution in [1.82, 2.24) is 0 Å². The summed E-state index contributed by atoms with van der Waals surface area (Å²) < 4.78 is 18.8. The van der Waals surface area contributed by atoms with Gasteiger partial charge in [-0.15, -0.1) is 0 Å². The lowest BCUT2D eigenvalue weighted by molar-refractivity contribution is -0.118. The molecule has 0 aliphatic rings. The molecule has 2 rings (SSSR count). The molecule has 0 saturated heterocycles. The lowest BCUT2D eigenvalue weighted by Crippen LogP contribution is -2.24. The van der Waals surface area contributed by atoms with Gasteiger partial charge in [-0.25, -0.2) is 4.39 Å². The molecule has 2 aromatic rings. The van der Waals surface area contributed by atoms with E-state index in [-0.39, 0.29) is 12.1 Å². The molecular formula is C17H15FN2O2. The van der Waals surface area contributed by atoms with E-state index in [0.29, 0.717) is 5.75 Å². The van der Waals surface area contributed by atoms with E-state index in [9.17, 15) is 14.4 Å². The second-order valence-electron chi connectivity index (χ2n) is 4.67. The Hall–Kier alpha value is -2.87. The topological polar surface area (TPSA) is 62.1 Å². The summed E-state index contributed by atoms with van der Waals surface area (Å²) in [6.45, 7) is 0. The lowest BCUT2D eigenvalue weighted by Gasteiger charge is -2.13. The molecule has 1 atom stereocenters. The monoisotopic (exact) mass is 298 g/mol. The fraction of sp³-hybridized carbons (Fsp3) is 0.176. The summed E-state index contributed by atoms with van der Waals surface area (Å²) in [5.41, 5.74) is 0.813. The number of hydrogen-bond donors (Lipinski definition) is 1. The van der Waals surface area contributed by atoms with Crippen LogP contribution in [0.5, 0.6) is 5.75 Å². The quantitative estimate of drug-likeness (QED) is 0.922. The number of carbonyl (C=O) groups excluding carboxylic acids is 1. The minimum Gasteiger partial charge on any atom is -0.496 e. The maximum atomic E-state index is 13.5. The van der Waals surface area contributed by atoms with Gasteiger partial charge in [-0.2, -0.15) is 5.26 Å². The van der Waals surface area contributed by atoms with Crippen molar-refractivity contribution < 1.29 is 13.9 Å². The van der Waals surface area contributed by atoms with Crippen molar-refractivity contribution in [1.29, 1.82) is 5.26 Å². The number of anilines is 1. The number of hydrogen-bond acceptors (Lipinski definition) is 3. The molecule has 4 nitrogen and oxygen atoms in total. The van der Waals surface area contributed by atoms with Crippen LogP contribution in [0, 0.1) is 23.1 Å². The van der Waals surface area contributed by atoms with Crippen molar-refractivity contribution in [3.05, 3.63) is 59.9 Å². The molecule has 0 bridgehead atoms. The highest BCUT2D eigenvalue weighted by atomic mass is 19.1. The van der Waals surface area contributed by atoms with E-state index in [2.05, 4.69) is 5.32 Å². The van der Waals surface area contributed by atoms with E-state index in [0.717, 1.165) is 5.56 Å². The highest BCUT2D eigenvalue weighted by Gasteiger charge is 2.21. The number of para-hydroxylation sites is 2. The SMILES string of the molecule is COc1ccccc1C[C@H](C#N)C(=O)Nc1ccccc1F. The zero-order chi connectivity index (χ0) is 15.9. The third-order valence-electron chi connectivity index (χ3n) is 3.22. The van der Waals surface area contributed by atoms with Crippen molar-refractivity contribution in [2.75, 3.05) is 12.4 Å². The number of methoxy groups -OCH3 is 1. The third kappa shape index (κ3) is 3.61. The average Bonchev–Trinajstić information content (AvgIpc) is 2.55. The first-order valence-corrected chi connectivity index (χ1v) is 6.72. The maximum Gasteiger partial charge on any atom is 0.242 e. The normalized spacial score (nSPS) is 11.3. The number of amides is 1. The zero-order valence-corrected chi connectivity index (χ0v) is 12.0. The fourth-order valence-electron chi connectivity index (χ4n) is 2.07. The fourth-order valence-corrected chi connectivity index (χ4v) is 2.07. The van der Waals surface area contributed by atoms with E-state index >= 15 is 0 Å². The second-order valence-corrected chi connectivity index (χ2v) is 4.67. The smallest absolute Gasteiger partial charge is 0.242 e. The Morgan fingerprint density at radius 1 is 1.27 bits per heavy atom. The van der Waals surface area contributed by atoms with Gasteiger partial charge in [0.05, 0.1) is 18.9 Å². The van der Waals surface area contributed by atoms with Crippen molar-refractivity contribution in [2.45, 2.75) is 6.42 Å². The van der Waals surface area contributed by atoms with Gasteiger partial charge in [-0.05, 0) is 23.8 Å². The molecule has 0 aromatic heterocycles. The Bertz CT molecular complexity index is 710. The summed E-state index contributed by atoms with van der Waals surface area (Å²) in [4.78, 5) is 12.2. The summed E-state index contributed by atoms with van der Waals surface area (Å²) in [6, 6.07) is 15.0. The first-order valence-electron chi connectivity index (χ1n) is 6.72. The molecule has 2 aromatic carbocycles. The number of nitrogens with zero attached hydrogens (tertiary/aromatic N) is 1. The Morgan fingerprint density at radius 2 is 1.95 bits per heavy atom. The standard InChI is InChI=1S/C17H15FN2O2/c1-22-16-9-5-2-6-12(16)10-13(11-19)17(21)20-15-8-4-3-7-14(15)18/h2-9,13H,10H2,1H3,(H,20,21)/t13-/m1/s1. The summed E-state index contributed by atoms with van der Waals surface area (Å²) in [6.07, 6.45) is 0.195. The third-order valence-corrected chi connectivity index (χ3v) is 3.22. The van der Waals surface area contributed by atoms with Gasteiger partial charge in [0.1, 0.15) is 17.5 Å². The van der Waals surface area contributed by atoms with Crippen molar-refractivity contribution in [3.63, 3.8) is 0 Å². The molecule has 0 unspecified atom stereocenters. The van der Waals surface area contributed by atoms with Crippen LogP contribution < -0.4 is 10.1 Å². The van der Waals surface area contributed by atoms with Crippen LogP contribution in [0.25, 0.3) is 0 Å². The molecule has 0 fully saturated rings. The summed E-state index contributed by atoms with van der Waals surface area (Å²) in [7, 11) is 1.53. The van der Waals surface area contributed by atoms with Crippen LogP contribution in [0.4, 0.5) is 10.1 Å². The van der Waals surface area contributed by atoms with E-state index in [1.54, 1.807) is 24.3 Å². The van der Waals surface area contributed by atoms with E-state index in [4.69, 9.17) is 4.74 Å². The molecular weight excluding hydrogens is 283 g/mol. The van der Waals surface area contributed by atoms with Crippen molar-refractivity contribution in [2.24, 2.45) is 5.92 Å². The highest BCUT2D eigenvalue weighted by molar-refractivity contribution is 5.94. The second kappa shape index (κ2) is 7.23. The molecule has 1 amide bonds. The number of carbonyl (C=O) groups is 1. The maximum absolute atomic E-state index is 13.5. The van der Waals surface area contributed by atoms with Crippen LogP contribution in [0.15, 0.2) is 48.5 Å². The summed E-state index contributed by atoms with van der Waals surface area (Å²) in [5.74, 6) is -1.40. The average molecular weight is 298 g/mol. The van der Waals surface area contributed by atoms with Crippen LogP contribution in [0.3, 0.4) is 0 Å². The Kier molecular flexibility index (Phi) is 5.10. The number of ether oxygens (including phenoxy) is 1. The summed E-state index contributed by atoms with van der Waals surface area (Å²) in [5, 5.41) is 11.7. The van der Waals surface area contributed by atoms with Gasteiger partial charge in [0, 0.05) is 6.42 Å². The molecule has 22 heavy (non-hydrogen) atoms. The van der Waals surface area contributed by atoms with Crippen LogP contribution in [-0.4, -0.2) is 13.0 Å². The number of halogens is 1. The predicted molar refractivity (Wildman–Crippen MR) is 80.8 cm³/mol. The number of benzene rings is 2. The van der Waals surface area contributed by atoms with Gasteiger partial charge < -0.3 is 10.1 Å². The molecule has 112 valence electrons. The Labute approximate surface area is 128 Å². The van der Waals surface area contributed by atoms with E-state index in [1.807, 2.05) is 12.1 Å². The molecule has 0 spiro atoms. The molecule has 0 aliphatic carbocycles. The van der Waals surface area contributed by atoms with Crippen LogP contribution >= 0.6 is 0 Å². The molecule has 1 N–H and O–H groups in total. The Morgan fingerprint density at radius 3 is 2.64 bits per heavy atom. The number of nitriles is 1.